The lowest BCUT2D eigenvalue weighted by Gasteiger charge is -2.13. The number of carbonyl (C=O) groups is 2. The first kappa shape index (κ1) is 15.5. The van der Waals surface area contributed by atoms with Gasteiger partial charge in [0.2, 0.25) is 0 Å². The van der Waals surface area contributed by atoms with E-state index in [2.05, 4.69) is 21.2 Å². The minimum atomic E-state index is -0.668. The number of benzene rings is 2. The molecule has 0 aliphatic carbocycles. The number of amides is 1. The molecule has 0 saturated carbocycles. The van der Waals surface area contributed by atoms with E-state index in [1.54, 1.807) is 26.0 Å². The van der Waals surface area contributed by atoms with E-state index in [4.69, 9.17) is 4.74 Å². The van der Waals surface area contributed by atoms with Crippen LogP contribution >= 0.6 is 15.9 Å². The summed E-state index contributed by atoms with van der Waals surface area (Å²) in [6.07, 6.45) is 0. The number of rotatable bonds is 4. The van der Waals surface area contributed by atoms with Crippen LogP contribution in [-0.2, 0) is 9.53 Å². The van der Waals surface area contributed by atoms with Crippen molar-refractivity contribution in [2.45, 2.75) is 19.9 Å². The molecule has 0 aromatic heterocycles. The predicted molar refractivity (Wildman–Crippen MR) is 85.2 cm³/mol. The topological polar surface area (TPSA) is 55.4 Å². The zero-order chi connectivity index (χ0) is 15.4. The van der Waals surface area contributed by atoms with Crippen molar-refractivity contribution in [3.8, 4) is 0 Å². The van der Waals surface area contributed by atoms with Gasteiger partial charge in [0, 0.05) is 10.0 Å². The second-order valence-electron chi connectivity index (χ2n) is 4.65. The predicted octanol–water partition coefficient (Wildman–Crippen LogP) is 3.28. The standard InChI is InChI=1S/C16H16BrNO3/c1-3-21-16(20)10(2)18-15(19)13-5-4-12-9-14(17)7-6-11(12)8-13/h4-10H,3H2,1-2H3,(H,18,19). The van der Waals surface area contributed by atoms with E-state index in [-0.39, 0.29) is 5.91 Å². The minimum Gasteiger partial charge on any atom is -0.464 e. The number of hydrogen-bond acceptors (Lipinski definition) is 3. The number of ether oxygens (including phenoxy) is 1. The molecule has 0 bridgehead atoms. The summed E-state index contributed by atoms with van der Waals surface area (Å²) < 4.78 is 5.85. The fourth-order valence-electron chi connectivity index (χ4n) is 1.96. The Balaban J connectivity index is 2.16. The highest BCUT2D eigenvalue weighted by molar-refractivity contribution is 9.10. The van der Waals surface area contributed by atoms with Crippen molar-refractivity contribution < 1.29 is 14.3 Å². The molecule has 0 spiro atoms. The Kier molecular flexibility index (Phi) is 4.96. The van der Waals surface area contributed by atoms with Gasteiger partial charge in [0.25, 0.3) is 5.91 Å². The highest BCUT2D eigenvalue weighted by Crippen LogP contribution is 2.21. The average molecular weight is 350 g/mol. The first-order valence-electron chi connectivity index (χ1n) is 6.68. The average Bonchev–Trinajstić information content (AvgIpc) is 2.46. The van der Waals surface area contributed by atoms with Crippen LogP contribution in [0.3, 0.4) is 0 Å². The van der Waals surface area contributed by atoms with Gasteiger partial charge in [0.15, 0.2) is 0 Å². The molecule has 5 heteroatoms. The fraction of sp³-hybridized carbons (Fsp3) is 0.250. The largest absolute Gasteiger partial charge is 0.464 e. The second kappa shape index (κ2) is 6.72. The molecule has 0 radical (unpaired) electrons. The summed E-state index contributed by atoms with van der Waals surface area (Å²) in [6, 6.07) is 10.6. The Morgan fingerprint density at radius 3 is 2.57 bits per heavy atom. The van der Waals surface area contributed by atoms with E-state index in [1.165, 1.54) is 0 Å². The zero-order valence-electron chi connectivity index (χ0n) is 11.9. The molecule has 1 amide bonds. The lowest BCUT2D eigenvalue weighted by Crippen LogP contribution is -2.39. The summed E-state index contributed by atoms with van der Waals surface area (Å²) in [5.41, 5.74) is 0.515. The number of esters is 1. The van der Waals surface area contributed by atoms with Crippen LogP contribution in [0, 0.1) is 0 Å². The lowest BCUT2D eigenvalue weighted by atomic mass is 10.1. The monoisotopic (exact) mass is 349 g/mol. The molecule has 110 valence electrons. The fourth-order valence-corrected chi connectivity index (χ4v) is 2.34. The quantitative estimate of drug-likeness (QED) is 0.861. The Bertz CT molecular complexity index is 684. The SMILES string of the molecule is CCOC(=O)C(C)NC(=O)c1ccc2cc(Br)ccc2c1. The molecule has 1 N–H and O–H groups in total. The molecule has 0 saturated heterocycles. The van der Waals surface area contributed by atoms with Crippen LogP contribution in [0.15, 0.2) is 40.9 Å². The van der Waals surface area contributed by atoms with E-state index in [0.29, 0.717) is 12.2 Å². The Hall–Kier alpha value is -1.88. The van der Waals surface area contributed by atoms with Gasteiger partial charge < -0.3 is 10.1 Å². The van der Waals surface area contributed by atoms with Crippen LogP contribution in [0.5, 0.6) is 0 Å². The Labute approximate surface area is 131 Å². The molecule has 0 aliphatic rings. The molecule has 0 heterocycles. The van der Waals surface area contributed by atoms with Crippen molar-refractivity contribution >= 4 is 38.6 Å². The molecule has 21 heavy (non-hydrogen) atoms. The molecule has 0 aliphatic heterocycles. The van der Waals surface area contributed by atoms with E-state index in [0.717, 1.165) is 15.2 Å². The van der Waals surface area contributed by atoms with Gasteiger partial charge in [-0.15, -0.1) is 0 Å². The first-order valence-corrected chi connectivity index (χ1v) is 7.47. The number of hydrogen-bond donors (Lipinski definition) is 1. The molecule has 2 aromatic carbocycles. The molecular formula is C16H16BrNO3. The van der Waals surface area contributed by atoms with Crippen LogP contribution < -0.4 is 5.32 Å². The van der Waals surface area contributed by atoms with E-state index >= 15 is 0 Å². The molecule has 1 atom stereocenters. The summed E-state index contributed by atoms with van der Waals surface area (Å²) in [5, 5.41) is 4.64. The van der Waals surface area contributed by atoms with Crippen molar-refractivity contribution in [1.82, 2.24) is 5.32 Å². The van der Waals surface area contributed by atoms with Gasteiger partial charge in [-0.05, 0) is 48.9 Å². The van der Waals surface area contributed by atoms with E-state index in [1.807, 2.05) is 24.3 Å². The molecule has 0 fully saturated rings. The number of fused-ring (bicyclic) bond motifs is 1. The maximum atomic E-state index is 12.1. The number of carbonyl (C=O) groups excluding carboxylic acids is 2. The third-order valence-electron chi connectivity index (χ3n) is 3.05. The highest BCUT2D eigenvalue weighted by Gasteiger charge is 2.17. The summed E-state index contributed by atoms with van der Waals surface area (Å²) >= 11 is 3.41. The molecule has 1 unspecified atom stereocenters. The van der Waals surface area contributed by atoms with E-state index in [9.17, 15) is 9.59 Å². The third-order valence-corrected chi connectivity index (χ3v) is 3.55. The summed E-state index contributed by atoms with van der Waals surface area (Å²) in [5.74, 6) is -0.726. The smallest absolute Gasteiger partial charge is 0.328 e. The third kappa shape index (κ3) is 3.82. The number of nitrogens with one attached hydrogen (secondary N) is 1. The van der Waals surface area contributed by atoms with Crippen molar-refractivity contribution in [2.24, 2.45) is 0 Å². The van der Waals surface area contributed by atoms with Gasteiger partial charge in [-0.2, -0.15) is 0 Å². The normalized spacial score (nSPS) is 12.0. The molecule has 2 rings (SSSR count). The molecular weight excluding hydrogens is 334 g/mol. The first-order chi connectivity index (χ1) is 10.0. The van der Waals surface area contributed by atoms with Crippen LogP contribution in [0.4, 0.5) is 0 Å². The summed E-state index contributed by atoms with van der Waals surface area (Å²) in [6.45, 7) is 3.63. The van der Waals surface area contributed by atoms with Crippen LogP contribution in [0.1, 0.15) is 24.2 Å². The van der Waals surface area contributed by atoms with Gasteiger partial charge in [0.1, 0.15) is 6.04 Å². The van der Waals surface area contributed by atoms with Gasteiger partial charge in [-0.1, -0.05) is 28.1 Å². The van der Waals surface area contributed by atoms with Gasteiger partial charge in [-0.25, -0.2) is 4.79 Å². The van der Waals surface area contributed by atoms with Crippen molar-refractivity contribution in [3.63, 3.8) is 0 Å². The number of halogens is 1. The zero-order valence-corrected chi connectivity index (χ0v) is 13.4. The van der Waals surface area contributed by atoms with Crippen molar-refractivity contribution in [1.29, 1.82) is 0 Å². The summed E-state index contributed by atoms with van der Waals surface area (Å²) in [4.78, 5) is 23.7. The minimum absolute atomic E-state index is 0.291. The Morgan fingerprint density at radius 1 is 1.19 bits per heavy atom. The second-order valence-corrected chi connectivity index (χ2v) is 5.57. The van der Waals surface area contributed by atoms with Gasteiger partial charge in [0.05, 0.1) is 6.61 Å². The van der Waals surface area contributed by atoms with Crippen molar-refractivity contribution in [3.05, 3.63) is 46.4 Å². The summed E-state index contributed by atoms with van der Waals surface area (Å²) in [7, 11) is 0. The molecule has 2 aromatic rings. The maximum absolute atomic E-state index is 12.1. The Morgan fingerprint density at radius 2 is 1.86 bits per heavy atom. The van der Waals surface area contributed by atoms with Crippen LogP contribution in [0.2, 0.25) is 0 Å². The molecule has 4 nitrogen and oxygen atoms in total. The highest BCUT2D eigenvalue weighted by atomic mass is 79.9. The maximum Gasteiger partial charge on any atom is 0.328 e. The van der Waals surface area contributed by atoms with Crippen LogP contribution in [0.25, 0.3) is 10.8 Å². The van der Waals surface area contributed by atoms with Gasteiger partial charge in [-0.3, -0.25) is 4.79 Å². The van der Waals surface area contributed by atoms with E-state index < -0.39 is 12.0 Å². The van der Waals surface area contributed by atoms with Gasteiger partial charge >= 0.3 is 5.97 Å². The van der Waals surface area contributed by atoms with Crippen LogP contribution in [-0.4, -0.2) is 24.5 Å². The van der Waals surface area contributed by atoms with Crippen molar-refractivity contribution in [2.75, 3.05) is 6.61 Å². The lowest BCUT2D eigenvalue weighted by molar-refractivity contribution is -0.144.